The fourth-order valence-electron chi connectivity index (χ4n) is 4.43. The van der Waals surface area contributed by atoms with Gasteiger partial charge < -0.3 is 15.6 Å². The summed E-state index contributed by atoms with van der Waals surface area (Å²) in [4.78, 5) is 31.9. The third kappa shape index (κ3) is 5.58. The first-order valence-corrected chi connectivity index (χ1v) is 12.4. The molecule has 1 atom stereocenters. The van der Waals surface area contributed by atoms with E-state index in [1.807, 2.05) is 31.3 Å². The molecule has 7 heteroatoms. The standard InChI is InChI=1S/C25H32N4O2S/c1-18(24(30)26-12-8-20-17-28-23-7-3-2-6-22(20)23)29-14-10-19(11-15-29)25(31)27-13-9-21-5-4-16-32-21/h2-7,16-19,28H,8-15H2,1H3,(H,26,30)(H,27,31). The molecule has 4 rings (SSSR count). The molecule has 3 heterocycles. The van der Waals surface area contributed by atoms with Crippen molar-refractivity contribution >= 4 is 34.1 Å². The number of para-hydroxylation sites is 1. The predicted octanol–water partition coefficient (Wildman–Crippen LogP) is 3.35. The maximum absolute atomic E-state index is 12.7. The van der Waals surface area contributed by atoms with Crippen molar-refractivity contribution in [1.82, 2.24) is 20.5 Å². The van der Waals surface area contributed by atoms with Crippen LogP contribution in [0.3, 0.4) is 0 Å². The van der Waals surface area contributed by atoms with Crippen LogP contribution >= 0.6 is 11.3 Å². The molecule has 1 aliphatic rings. The van der Waals surface area contributed by atoms with E-state index in [2.05, 4.69) is 44.1 Å². The molecule has 0 saturated carbocycles. The highest BCUT2D eigenvalue weighted by atomic mass is 32.1. The van der Waals surface area contributed by atoms with Crippen molar-refractivity contribution in [2.24, 2.45) is 5.92 Å². The van der Waals surface area contributed by atoms with Crippen molar-refractivity contribution in [1.29, 1.82) is 0 Å². The lowest BCUT2D eigenvalue weighted by atomic mass is 9.95. The number of aromatic nitrogens is 1. The molecular formula is C25H32N4O2S. The summed E-state index contributed by atoms with van der Waals surface area (Å²) in [6, 6.07) is 12.2. The highest BCUT2D eigenvalue weighted by Gasteiger charge is 2.29. The normalized spacial score (nSPS) is 16.2. The van der Waals surface area contributed by atoms with Crippen LogP contribution in [0.15, 0.2) is 48.0 Å². The van der Waals surface area contributed by atoms with Crippen LogP contribution in [0.1, 0.15) is 30.2 Å². The number of aromatic amines is 1. The molecule has 3 N–H and O–H groups in total. The van der Waals surface area contributed by atoms with Crippen molar-refractivity contribution in [3.05, 3.63) is 58.4 Å². The smallest absolute Gasteiger partial charge is 0.237 e. The Bertz CT molecular complexity index is 1020. The monoisotopic (exact) mass is 452 g/mol. The van der Waals surface area contributed by atoms with E-state index >= 15 is 0 Å². The Morgan fingerprint density at radius 3 is 2.66 bits per heavy atom. The molecule has 2 aromatic heterocycles. The van der Waals surface area contributed by atoms with Gasteiger partial charge in [0.1, 0.15) is 0 Å². The van der Waals surface area contributed by atoms with Gasteiger partial charge in [-0.25, -0.2) is 0 Å². The molecule has 0 radical (unpaired) electrons. The summed E-state index contributed by atoms with van der Waals surface area (Å²) in [5.74, 6) is 0.257. The number of hydrogen-bond acceptors (Lipinski definition) is 4. The lowest BCUT2D eigenvalue weighted by molar-refractivity contribution is -0.128. The third-order valence-electron chi connectivity index (χ3n) is 6.45. The van der Waals surface area contributed by atoms with Gasteiger partial charge in [0.2, 0.25) is 11.8 Å². The molecule has 1 aliphatic heterocycles. The Morgan fingerprint density at radius 1 is 1.09 bits per heavy atom. The largest absolute Gasteiger partial charge is 0.361 e. The minimum Gasteiger partial charge on any atom is -0.361 e. The average molecular weight is 453 g/mol. The second-order valence-electron chi connectivity index (χ2n) is 8.51. The summed E-state index contributed by atoms with van der Waals surface area (Å²) < 4.78 is 0. The maximum Gasteiger partial charge on any atom is 0.237 e. The minimum absolute atomic E-state index is 0.0479. The predicted molar refractivity (Wildman–Crippen MR) is 130 cm³/mol. The number of benzene rings is 1. The highest BCUT2D eigenvalue weighted by Crippen LogP contribution is 2.20. The molecule has 6 nitrogen and oxygen atoms in total. The lowest BCUT2D eigenvalue weighted by Crippen LogP contribution is -2.50. The molecule has 3 aromatic rings. The molecule has 0 bridgehead atoms. The lowest BCUT2D eigenvalue weighted by Gasteiger charge is -2.34. The first kappa shape index (κ1) is 22.6. The van der Waals surface area contributed by atoms with E-state index in [-0.39, 0.29) is 23.8 Å². The summed E-state index contributed by atoms with van der Waals surface area (Å²) >= 11 is 1.72. The van der Waals surface area contributed by atoms with Gasteiger partial charge in [0, 0.05) is 41.0 Å². The Kier molecular flexibility index (Phi) is 7.60. The molecular weight excluding hydrogens is 420 g/mol. The fraction of sp³-hybridized carbons (Fsp3) is 0.440. The van der Waals surface area contributed by atoms with Gasteiger partial charge in [-0.3, -0.25) is 14.5 Å². The van der Waals surface area contributed by atoms with Crippen molar-refractivity contribution in [2.45, 2.75) is 38.6 Å². The Balaban J connectivity index is 1.16. The second kappa shape index (κ2) is 10.8. The van der Waals surface area contributed by atoms with Gasteiger partial charge in [0.05, 0.1) is 6.04 Å². The molecule has 170 valence electrons. The van der Waals surface area contributed by atoms with Gasteiger partial charge in [0.15, 0.2) is 0 Å². The first-order valence-electron chi connectivity index (χ1n) is 11.5. The van der Waals surface area contributed by atoms with Crippen LogP contribution < -0.4 is 10.6 Å². The van der Waals surface area contributed by atoms with E-state index in [1.54, 1.807) is 11.3 Å². The summed E-state index contributed by atoms with van der Waals surface area (Å²) in [5.41, 5.74) is 2.35. The minimum atomic E-state index is -0.180. The first-order chi connectivity index (χ1) is 15.6. The van der Waals surface area contributed by atoms with Crippen LogP contribution in [0.4, 0.5) is 0 Å². The third-order valence-corrected chi connectivity index (χ3v) is 7.38. The number of H-pyrrole nitrogens is 1. The van der Waals surface area contributed by atoms with Gasteiger partial charge in [0.25, 0.3) is 0 Å². The van der Waals surface area contributed by atoms with Crippen LogP contribution in [0.2, 0.25) is 0 Å². The molecule has 2 amide bonds. The number of likely N-dealkylation sites (tertiary alicyclic amines) is 1. The van der Waals surface area contributed by atoms with Gasteiger partial charge in [-0.1, -0.05) is 24.3 Å². The summed E-state index contributed by atoms with van der Waals surface area (Å²) in [5, 5.41) is 9.44. The highest BCUT2D eigenvalue weighted by molar-refractivity contribution is 7.09. The quantitative estimate of drug-likeness (QED) is 0.466. The number of piperidine rings is 1. The molecule has 1 aromatic carbocycles. The maximum atomic E-state index is 12.7. The summed E-state index contributed by atoms with van der Waals surface area (Å²) in [6.07, 6.45) is 5.32. The van der Waals surface area contributed by atoms with E-state index in [0.29, 0.717) is 13.1 Å². The van der Waals surface area contributed by atoms with Crippen LogP contribution in [0, 0.1) is 5.92 Å². The van der Waals surface area contributed by atoms with E-state index in [9.17, 15) is 9.59 Å². The molecule has 1 saturated heterocycles. The second-order valence-corrected chi connectivity index (χ2v) is 9.54. The van der Waals surface area contributed by atoms with Crippen molar-refractivity contribution in [3.63, 3.8) is 0 Å². The fourth-order valence-corrected chi connectivity index (χ4v) is 5.14. The van der Waals surface area contributed by atoms with Gasteiger partial charge >= 0.3 is 0 Å². The zero-order valence-corrected chi connectivity index (χ0v) is 19.4. The Labute approximate surface area is 193 Å². The van der Waals surface area contributed by atoms with Crippen LogP contribution in [-0.2, 0) is 22.4 Å². The molecule has 0 spiro atoms. The molecule has 1 fully saturated rings. The van der Waals surface area contributed by atoms with Crippen molar-refractivity contribution < 1.29 is 9.59 Å². The number of fused-ring (bicyclic) bond motifs is 1. The molecule has 1 unspecified atom stereocenters. The number of carbonyl (C=O) groups is 2. The number of amides is 2. The van der Waals surface area contributed by atoms with Crippen molar-refractivity contribution in [3.8, 4) is 0 Å². The van der Waals surface area contributed by atoms with Crippen LogP contribution in [-0.4, -0.2) is 53.9 Å². The number of thiophene rings is 1. The average Bonchev–Trinajstić information content (AvgIpc) is 3.49. The zero-order chi connectivity index (χ0) is 22.3. The number of nitrogens with one attached hydrogen (secondary N) is 3. The van der Waals surface area contributed by atoms with E-state index in [0.717, 1.165) is 44.3 Å². The zero-order valence-electron chi connectivity index (χ0n) is 18.6. The van der Waals surface area contributed by atoms with E-state index < -0.39 is 0 Å². The van der Waals surface area contributed by atoms with Gasteiger partial charge in [-0.2, -0.15) is 0 Å². The van der Waals surface area contributed by atoms with Crippen LogP contribution in [0.5, 0.6) is 0 Å². The number of hydrogen-bond donors (Lipinski definition) is 3. The van der Waals surface area contributed by atoms with E-state index in [1.165, 1.54) is 15.8 Å². The van der Waals surface area contributed by atoms with E-state index in [4.69, 9.17) is 0 Å². The molecule has 0 aliphatic carbocycles. The van der Waals surface area contributed by atoms with Gasteiger partial charge in [-0.05, 0) is 68.8 Å². The molecule has 32 heavy (non-hydrogen) atoms. The SMILES string of the molecule is CC(C(=O)NCCc1c[nH]c2ccccc12)N1CCC(C(=O)NCCc2cccs2)CC1. The Morgan fingerprint density at radius 2 is 1.88 bits per heavy atom. The van der Waals surface area contributed by atoms with Crippen LogP contribution in [0.25, 0.3) is 10.9 Å². The topological polar surface area (TPSA) is 77.2 Å². The summed E-state index contributed by atoms with van der Waals surface area (Å²) in [7, 11) is 0. The number of nitrogens with zero attached hydrogens (tertiary/aromatic N) is 1. The van der Waals surface area contributed by atoms with Crippen molar-refractivity contribution in [2.75, 3.05) is 26.2 Å². The number of rotatable bonds is 9. The van der Waals surface area contributed by atoms with Gasteiger partial charge in [-0.15, -0.1) is 11.3 Å². The Hall–Kier alpha value is -2.64. The number of carbonyl (C=O) groups excluding carboxylic acids is 2. The summed E-state index contributed by atoms with van der Waals surface area (Å²) in [6.45, 7) is 4.82.